The summed E-state index contributed by atoms with van der Waals surface area (Å²) >= 11 is 3.59. The van der Waals surface area contributed by atoms with Crippen molar-refractivity contribution in [2.24, 2.45) is 0 Å². The molecule has 0 fully saturated rings. The van der Waals surface area contributed by atoms with Gasteiger partial charge in [-0.1, -0.05) is 77.9 Å². The molecule has 0 spiro atoms. The molecule has 0 unspecified atom stereocenters. The Morgan fingerprint density at radius 1 is 0.528 bits per heavy atom. The summed E-state index contributed by atoms with van der Waals surface area (Å²) in [5.41, 5.74) is 4.08. The quantitative estimate of drug-likeness (QED) is 0.235. The predicted molar refractivity (Wildman–Crippen MR) is 156 cm³/mol. The molecule has 0 radical (unpaired) electrons. The van der Waals surface area contributed by atoms with Crippen LogP contribution in [0.1, 0.15) is 75.2 Å². The Labute approximate surface area is 221 Å². The van der Waals surface area contributed by atoms with Crippen molar-refractivity contribution in [3.63, 3.8) is 0 Å². The van der Waals surface area contributed by atoms with Crippen molar-refractivity contribution in [3.8, 4) is 0 Å². The van der Waals surface area contributed by atoms with Crippen molar-refractivity contribution in [2.75, 3.05) is 0 Å². The highest BCUT2D eigenvalue weighted by molar-refractivity contribution is 7.19. The fourth-order valence-electron chi connectivity index (χ4n) is 3.41. The first-order chi connectivity index (χ1) is 17.3. The Morgan fingerprint density at radius 3 is 1.39 bits per heavy atom. The fourth-order valence-corrected chi connectivity index (χ4v) is 5.35. The molecular formula is C30H33N3OS2. The second-order valence-corrected chi connectivity index (χ2v) is 11.6. The van der Waals surface area contributed by atoms with Gasteiger partial charge in [-0.2, -0.15) is 0 Å². The van der Waals surface area contributed by atoms with E-state index in [-0.39, 0.29) is 0 Å². The molecule has 6 rings (SSSR count). The van der Waals surface area contributed by atoms with E-state index >= 15 is 0 Å². The van der Waals surface area contributed by atoms with E-state index in [0.717, 1.165) is 28.0 Å². The van der Waals surface area contributed by atoms with Gasteiger partial charge in [0.2, 0.25) is 0 Å². The summed E-state index contributed by atoms with van der Waals surface area (Å²) in [6, 6.07) is 24.4. The van der Waals surface area contributed by atoms with Crippen LogP contribution in [-0.4, -0.2) is 15.0 Å². The number of benzene rings is 3. The van der Waals surface area contributed by atoms with Crippen LogP contribution in [0.3, 0.4) is 0 Å². The van der Waals surface area contributed by atoms with Crippen LogP contribution in [0.2, 0.25) is 0 Å². The van der Waals surface area contributed by atoms with E-state index in [9.17, 15) is 0 Å². The van der Waals surface area contributed by atoms with Crippen LogP contribution in [0, 0.1) is 0 Å². The standard InChI is InChI=1S/C10H11NO.2C10H11NS/c3*1-7(2)10-11-8-5-3-4-6-9(8)12-10/h3*3-7H,1-2H3. The van der Waals surface area contributed by atoms with Crippen molar-refractivity contribution < 1.29 is 4.42 Å². The summed E-state index contributed by atoms with van der Waals surface area (Å²) in [7, 11) is 0. The molecule has 6 heteroatoms. The van der Waals surface area contributed by atoms with Crippen molar-refractivity contribution in [3.05, 3.63) is 88.7 Å². The van der Waals surface area contributed by atoms with Gasteiger partial charge in [0.1, 0.15) is 5.52 Å². The Kier molecular flexibility index (Phi) is 8.49. The molecule has 3 heterocycles. The minimum atomic E-state index is 0.359. The largest absolute Gasteiger partial charge is 0.440 e. The summed E-state index contributed by atoms with van der Waals surface area (Å²) in [5, 5.41) is 2.47. The van der Waals surface area contributed by atoms with E-state index in [4.69, 9.17) is 4.42 Å². The average molecular weight is 516 g/mol. The number of para-hydroxylation sites is 4. The summed E-state index contributed by atoms with van der Waals surface area (Å²) < 4.78 is 8.10. The fraction of sp³-hybridized carbons (Fsp3) is 0.300. The molecule has 0 aliphatic heterocycles. The molecule has 0 saturated heterocycles. The van der Waals surface area contributed by atoms with Crippen molar-refractivity contribution >= 4 is 54.2 Å². The third-order valence-corrected chi connectivity index (χ3v) is 8.09. The van der Waals surface area contributed by atoms with Crippen LogP contribution in [0.15, 0.2) is 77.2 Å². The lowest BCUT2D eigenvalue weighted by atomic mass is 10.2. The number of thiazole rings is 2. The Balaban J connectivity index is 0.000000127. The van der Waals surface area contributed by atoms with E-state index in [1.807, 2.05) is 36.4 Å². The maximum Gasteiger partial charge on any atom is 0.198 e. The zero-order chi connectivity index (χ0) is 25.7. The number of rotatable bonds is 3. The first kappa shape index (κ1) is 26.0. The molecule has 3 aromatic heterocycles. The van der Waals surface area contributed by atoms with Crippen LogP contribution in [-0.2, 0) is 0 Å². The van der Waals surface area contributed by atoms with Gasteiger partial charge in [-0.15, -0.1) is 22.7 Å². The van der Waals surface area contributed by atoms with Crippen LogP contribution in [0.25, 0.3) is 31.5 Å². The molecule has 0 N–H and O–H groups in total. The lowest BCUT2D eigenvalue weighted by Crippen LogP contribution is -1.84. The Morgan fingerprint density at radius 2 is 0.972 bits per heavy atom. The second-order valence-electron chi connectivity index (χ2n) is 9.52. The van der Waals surface area contributed by atoms with Gasteiger partial charge in [-0.3, -0.25) is 0 Å². The van der Waals surface area contributed by atoms with Crippen molar-refractivity contribution in [1.29, 1.82) is 0 Å². The molecule has 0 aliphatic rings. The maximum absolute atomic E-state index is 5.52. The molecule has 0 aliphatic carbocycles. The van der Waals surface area contributed by atoms with Crippen molar-refractivity contribution in [2.45, 2.75) is 59.3 Å². The molecule has 36 heavy (non-hydrogen) atoms. The molecule has 0 amide bonds. The number of oxazole rings is 1. The molecule has 4 nitrogen and oxygen atoms in total. The lowest BCUT2D eigenvalue weighted by molar-refractivity contribution is 0.501. The van der Waals surface area contributed by atoms with Gasteiger partial charge in [0.15, 0.2) is 11.5 Å². The van der Waals surface area contributed by atoms with Gasteiger partial charge in [0.25, 0.3) is 0 Å². The van der Waals surface area contributed by atoms with Gasteiger partial charge < -0.3 is 4.42 Å². The van der Waals surface area contributed by atoms with Crippen LogP contribution in [0.4, 0.5) is 0 Å². The third kappa shape index (κ3) is 6.37. The number of aromatic nitrogens is 3. The summed E-state index contributed by atoms with van der Waals surface area (Å²) in [6.07, 6.45) is 0. The zero-order valence-corrected chi connectivity index (χ0v) is 23.4. The average Bonchev–Trinajstić information content (AvgIpc) is 3.61. The van der Waals surface area contributed by atoms with Crippen LogP contribution >= 0.6 is 22.7 Å². The van der Waals surface area contributed by atoms with E-state index < -0.39 is 0 Å². The van der Waals surface area contributed by atoms with E-state index in [2.05, 4.69) is 92.9 Å². The van der Waals surface area contributed by atoms with Crippen LogP contribution < -0.4 is 0 Å². The molecule has 0 atom stereocenters. The number of hydrogen-bond acceptors (Lipinski definition) is 6. The Bertz CT molecular complexity index is 1260. The van der Waals surface area contributed by atoms with Crippen LogP contribution in [0.5, 0.6) is 0 Å². The molecule has 3 aromatic carbocycles. The summed E-state index contributed by atoms with van der Waals surface area (Å²) in [5.74, 6) is 2.26. The minimum Gasteiger partial charge on any atom is -0.440 e. The normalized spacial score (nSPS) is 11.2. The summed E-state index contributed by atoms with van der Waals surface area (Å²) in [4.78, 5) is 13.4. The molecule has 0 bridgehead atoms. The monoisotopic (exact) mass is 515 g/mol. The number of fused-ring (bicyclic) bond motifs is 3. The second kappa shape index (κ2) is 11.8. The van der Waals surface area contributed by atoms with E-state index in [0.29, 0.717) is 17.8 Å². The highest BCUT2D eigenvalue weighted by Crippen LogP contribution is 2.27. The van der Waals surface area contributed by atoms with E-state index in [1.165, 1.54) is 19.4 Å². The summed E-state index contributed by atoms with van der Waals surface area (Å²) in [6.45, 7) is 12.9. The maximum atomic E-state index is 5.52. The third-order valence-electron chi connectivity index (χ3n) is 5.41. The smallest absolute Gasteiger partial charge is 0.198 e. The van der Waals surface area contributed by atoms with Gasteiger partial charge >= 0.3 is 0 Å². The predicted octanol–water partition coefficient (Wildman–Crippen LogP) is 9.79. The van der Waals surface area contributed by atoms with Gasteiger partial charge in [0, 0.05) is 17.8 Å². The molecular weight excluding hydrogens is 482 g/mol. The van der Waals surface area contributed by atoms with Gasteiger partial charge in [0.05, 0.1) is 30.4 Å². The van der Waals surface area contributed by atoms with Crippen molar-refractivity contribution in [1.82, 2.24) is 15.0 Å². The molecule has 186 valence electrons. The highest BCUT2D eigenvalue weighted by Gasteiger charge is 2.08. The molecule has 6 aromatic rings. The lowest BCUT2D eigenvalue weighted by Gasteiger charge is -1.94. The zero-order valence-electron chi connectivity index (χ0n) is 21.7. The molecule has 0 saturated carbocycles. The number of hydrogen-bond donors (Lipinski definition) is 0. The first-order valence-corrected chi connectivity index (χ1v) is 14.0. The highest BCUT2D eigenvalue weighted by atomic mass is 32.1. The van der Waals surface area contributed by atoms with E-state index in [1.54, 1.807) is 22.7 Å². The SMILES string of the molecule is CC(C)c1nc2ccccc2o1.CC(C)c1nc2ccccc2s1.CC(C)c1nc2ccccc2s1. The first-order valence-electron chi connectivity index (χ1n) is 12.4. The topological polar surface area (TPSA) is 51.8 Å². The minimum absolute atomic E-state index is 0.359. The number of nitrogens with zero attached hydrogens (tertiary/aromatic N) is 3. The van der Waals surface area contributed by atoms with Gasteiger partial charge in [-0.05, 0) is 36.4 Å². The van der Waals surface area contributed by atoms with Gasteiger partial charge in [-0.25, -0.2) is 15.0 Å². The Hall–Kier alpha value is -3.09.